The highest BCUT2D eigenvalue weighted by molar-refractivity contribution is 8.01. The molecule has 2 rings (SSSR count). The number of methoxy groups -OCH3 is 1. The van der Waals surface area contributed by atoms with Crippen LogP contribution >= 0.6 is 23.1 Å². The number of ether oxygens (including phenoxy) is 1. The van der Waals surface area contributed by atoms with Crippen molar-refractivity contribution in [1.82, 2.24) is 15.5 Å². The van der Waals surface area contributed by atoms with E-state index >= 15 is 0 Å². The smallest absolute Gasteiger partial charge is 0.237 e. The fourth-order valence-electron chi connectivity index (χ4n) is 1.74. The van der Waals surface area contributed by atoms with Gasteiger partial charge >= 0.3 is 0 Å². The van der Waals surface area contributed by atoms with Gasteiger partial charge in [0.1, 0.15) is 0 Å². The fourth-order valence-corrected chi connectivity index (χ4v) is 3.32. The number of rotatable bonds is 9. The van der Waals surface area contributed by atoms with Crippen LogP contribution in [-0.2, 0) is 20.7 Å². The molecule has 24 heavy (non-hydrogen) atoms. The normalized spacial score (nSPS) is 10.4. The molecule has 1 aromatic heterocycles. The van der Waals surface area contributed by atoms with Gasteiger partial charge in [-0.1, -0.05) is 53.4 Å². The van der Waals surface area contributed by atoms with Crippen LogP contribution in [0.2, 0.25) is 0 Å². The summed E-state index contributed by atoms with van der Waals surface area (Å²) in [6.07, 6.45) is 0.184. The third-order valence-corrected chi connectivity index (χ3v) is 4.82. The lowest BCUT2D eigenvalue weighted by Gasteiger charge is -2.03. The molecule has 0 aliphatic heterocycles. The first-order valence-electron chi connectivity index (χ1n) is 7.23. The maximum absolute atomic E-state index is 11.8. The molecule has 2 amide bonds. The maximum Gasteiger partial charge on any atom is 0.237 e. The molecular formula is C15H18N4O3S2. The third-order valence-electron chi connectivity index (χ3n) is 2.80. The van der Waals surface area contributed by atoms with Crippen molar-refractivity contribution in [2.45, 2.75) is 10.8 Å². The first-order chi connectivity index (χ1) is 11.7. The summed E-state index contributed by atoms with van der Waals surface area (Å²) in [6.45, 7) is 1.22. The summed E-state index contributed by atoms with van der Waals surface area (Å²) in [5, 5.41) is 14.1. The topological polar surface area (TPSA) is 93.2 Å². The number of aromatic nitrogens is 2. The molecule has 0 atom stereocenters. The number of carbonyl (C=O) groups is 2. The second-order valence-electron chi connectivity index (χ2n) is 4.72. The number of amides is 2. The second kappa shape index (κ2) is 10.0. The fraction of sp³-hybridized carbons (Fsp3) is 0.333. The quantitative estimate of drug-likeness (QED) is 0.514. The van der Waals surface area contributed by atoms with Gasteiger partial charge in [0.05, 0.1) is 18.8 Å². The molecule has 128 valence electrons. The number of hydrogen-bond acceptors (Lipinski definition) is 8. The molecule has 0 saturated carbocycles. The average Bonchev–Trinajstić information content (AvgIpc) is 3.02. The van der Waals surface area contributed by atoms with Gasteiger partial charge in [-0.25, -0.2) is 0 Å². The highest BCUT2D eigenvalue weighted by atomic mass is 32.2. The molecule has 0 radical (unpaired) electrons. The number of hydrogen-bond donors (Lipinski definition) is 2. The Bertz CT molecular complexity index is 664. The maximum atomic E-state index is 11.8. The lowest BCUT2D eigenvalue weighted by Crippen LogP contribution is -2.33. The minimum Gasteiger partial charge on any atom is -0.383 e. The highest BCUT2D eigenvalue weighted by Gasteiger charge is 2.11. The van der Waals surface area contributed by atoms with Gasteiger partial charge in [-0.2, -0.15) is 0 Å². The molecule has 1 aromatic carbocycles. The average molecular weight is 366 g/mol. The minimum atomic E-state index is -0.343. The molecule has 0 aliphatic rings. The van der Waals surface area contributed by atoms with Gasteiger partial charge in [-0.05, 0) is 5.56 Å². The number of anilines is 1. The zero-order chi connectivity index (χ0) is 17.2. The summed E-state index contributed by atoms with van der Waals surface area (Å²) in [6, 6.07) is 9.28. The van der Waals surface area contributed by atoms with E-state index in [1.54, 1.807) is 7.11 Å². The van der Waals surface area contributed by atoms with Crippen molar-refractivity contribution in [2.75, 3.05) is 31.3 Å². The summed E-state index contributed by atoms with van der Waals surface area (Å²) in [7, 11) is 1.63. The van der Waals surface area contributed by atoms with Crippen molar-refractivity contribution in [3.05, 3.63) is 35.9 Å². The lowest BCUT2D eigenvalue weighted by molar-refractivity contribution is -0.128. The van der Waals surface area contributed by atoms with E-state index in [1.165, 1.54) is 23.1 Å². The van der Waals surface area contributed by atoms with Crippen molar-refractivity contribution in [1.29, 1.82) is 0 Å². The van der Waals surface area contributed by atoms with Crippen LogP contribution in [0.3, 0.4) is 0 Å². The largest absolute Gasteiger partial charge is 0.383 e. The van der Waals surface area contributed by atoms with Crippen molar-refractivity contribution in [3.63, 3.8) is 0 Å². The highest BCUT2D eigenvalue weighted by Crippen LogP contribution is 2.24. The van der Waals surface area contributed by atoms with E-state index in [4.69, 9.17) is 4.74 Å². The molecule has 2 aromatic rings. The molecule has 0 spiro atoms. The number of carbonyl (C=O) groups excluding carboxylic acids is 2. The predicted molar refractivity (Wildman–Crippen MR) is 94.3 cm³/mol. The van der Waals surface area contributed by atoms with Gasteiger partial charge in [-0.3, -0.25) is 14.9 Å². The Morgan fingerprint density at radius 3 is 2.75 bits per heavy atom. The van der Waals surface area contributed by atoms with Crippen molar-refractivity contribution in [2.24, 2.45) is 0 Å². The molecule has 0 bridgehead atoms. The molecule has 0 aliphatic carbocycles. The van der Waals surface area contributed by atoms with Crippen LogP contribution in [0.15, 0.2) is 34.7 Å². The van der Waals surface area contributed by atoms with E-state index in [9.17, 15) is 9.59 Å². The number of benzene rings is 1. The predicted octanol–water partition coefficient (Wildman–Crippen LogP) is 1.57. The Balaban J connectivity index is 1.70. The van der Waals surface area contributed by atoms with Gasteiger partial charge in [0.25, 0.3) is 0 Å². The van der Waals surface area contributed by atoms with Gasteiger partial charge in [-0.15, -0.1) is 10.2 Å². The molecule has 7 nitrogen and oxygen atoms in total. The van der Waals surface area contributed by atoms with E-state index in [1.807, 2.05) is 30.3 Å². The van der Waals surface area contributed by atoms with Crippen LogP contribution in [0.1, 0.15) is 5.56 Å². The van der Waals surface area contributed by atoms with Gasteiger partial charge in [0.15, 0.2) is 4.34 Å². The Labute approximate surface area is 148 Å². The van der Waals surface area contributed by atoms with Crippen molar-refractivity contribution >= 4 is 40.0 Å². The van der Waals surface area contributed by atoms with E-state index in [2.05, 4.69) is 20.8 Å². The zero-order valence-electron chi connectivity index (χ0n) is 13.2. The van der Waals surface area contributed by atoms with Crippen LogP contribution in [0.5, 0.6) is 0 Å². The summed E-state index contributed by atoms with van der Waals surface area (Å²) in [5.41, 5.74) is 0.867. The van der Waals surface area contributed by atoms with Crippen LogP contribution < -0.4 is 10.6 Å². The van der Waals surface area contributed by atoms with Crippen molar-refractivity contribution in [3.8, 4) is 0 Å². The molecular weight excluding hydrogens is 348 g/mol. The number of imide groups is 1. The van der Waals surface area contributed by atoms with Gasteiger partial charge in [0, 0.05) is 13.7 Å². The number of thioether (sulfide) groups is 1. The van der Waals surface area contributed by atoms with Crippen LogP contribution in [0.25, 0.3) is 0 Å². The summed E-state index contributed by atoms with van der Waals surface area (Å²) < 4.78 is 5.60. The van der Waals surface area contributed by atoms with Gasteiger partial charge < -0.3 is 10.1 Å². The summed E-state index contributed by atoms with van der Waals surface area (Å²) in [4.78, 5) is 23.6. The first-order valence-corrected chi connectivity index (χ1v) is 9.03. The standard InChI is InChI=1S/C15H18N4O3S2/c1-22-8-7-16-14-18-19-15(24-14)23-10-13(21)17-12(20)9-11-5-3-2-4-6-11/h2-6H,7-10H2,1H3,(H,16,18)(H,17,20,21). The van der Waals surface area contributed by atoms with E-state index in [0.29, 0.717) is 22.6 Å². The van der Waals surface area contributed by atoms with Crippen molar-refractivity contribution < 1.29 is 14.3 Å². The Morgan fingerprint density at radius 1 is 1.21 bits per heavy atom. The lowest BCUT2D eigenvalue weighted by atomic mass is 10.1. The molecule has 0 fully saturated rings. The Hall–Kier alpha value is -1.97. The Morgan fingerprint density at radius 2 is 2.00 bits per heavy atom. The van der Waals surface area contributed by atoms with Crippen LogP contribution in [0.4, 0.5) is 5.13 Å². The molecule has 0 saturated heterocycles. The molecule has 1 heterocycles. The zero-order valence-corrected chi connectivity index (χ0v) is 14.8. The summed E-state index contributed by atoms with van der Waals surface area (Å²) >= 11 is 2.60. The minimum absolute atomic E-state index is 0.118. The van der Waals surface area contributed by atoms with E-state index in [0.717, 1.165) is 5.56 Å². The monoisotopic (exact) mass is 366 g/mol. The van der Waals surface area contributed by atoms with E-state index in [-0.39, 0.29) is 24.0 Å². The number of nitrogens with one attached hydrogen (secondary N) is 2. The molecule has 0 unspecified atom stereocenters. The second-order valence-corrected chi connectivity index (χ2v) is 6.92. The number of nitrogens with zero attached hydrogens (tertiary/aromatic N) is 2. The molecule has 9 heteroatoms. The summed E-state index contributed by atoms with van der Waals surface area (Å²) in [5.74, 6) is -0.538. The van der Waals surface area contributed by atoms with Gasteiger partial charge in [0.2, 0.25) is 16.9 Å². The third kappa shape index (κ3) is 6.65. The molecule has 2 N–H and O–H groups in total. The van der Waals surface area contributed by atoms with Crippen LogP contribution in [-0.4, -0.2) is 48.0 Å². The van der Waals surface area contributed by atoms with E-state index < -0.39 is 0 Å². The SMILES string of the molecule is COCCNc1nnc(SCC(=O)NC(=O)Cc2ccccc2)s1. The first kappa shape index (κ1) is 18.4. The Kier molecular flexibility index (Phi) is 7.66. The van der Waals surface area contributed by atoms with Crippen LogP contribution in [0, 0.1) is 0 Å².